The van der Waals surface area contributed by atoms with E-state index in [9.17, 15) is 4.79 Å². The van der Waals surface area contributed by atoms with Crippen LogP contribution in [0.4, 0.5) is 0 Å². The van der Waals surface area contributed by atoms with Gasteiger partial charge in [-0.3, -0.25) is 4.79 Å². The van der Waals surface area contributed by atoms with E-state index < -0.39 is 0 Å². The zero-order valence-electron chi connectivity index (χ0n) is 11.2. The van der Waals surface area contributed by atoms with Gasteiger partial charge in [-0.25, -0.2) is 0 Å². The fourth-order valence-corrected chi connectivity index (χ4v) is 2.83. The van der Waals surface area contributed by atoms with Crippen LogP contribution in [0, 0.1) is 0 Å². The second kappa shape index (κ2) is 7.31. The van der Waals surface area contributed by atoms with E-state index in [4.69, 9.17) is 4.74 Å². The van der Waals surface area contributed by atoms with Gasteiger partial charge >= 0.3 is 0 Å². The van der Waals surface area contributed by atoms with Gasteiger partial charge in [-0.2, -0.15) is 0 Å². The normalized spacial score (nSPS) is 32.4. The third kappa shape index (κ3) is 3.59. The van der Waals surface area contributed by atoms with Crippen molar-refractivity contribution < 1.29 is 9.53 Å². The maximum Gasteiger partial charge on any atom is 0.240 e. The zero-order valence-corrected chi connectivity index (χ0v) is 12.0. The largest absolute Gasteiger partial charge is 0.381 e. The van der Waals surface area contributed by atoms with Gasteiger partial charge in [0.2, 0.25) is 5.91 Å². The average molecular weight is 277 g/mol. The summed E-state index contributed by atoms with van der Waals surface area (Å²) in [5.41, 5.74) is -0.298. The Balaban J connectivity index is 0.00000162. The number of carbonyl (C=O) groups is 1. The second-order valence-corrected chi connectivity index (χ2v) is 5.18. The molecule has 0 radical (unpaired) electrons. The molecule has 0 aromatic rings. The van der Waals surface area contributed by atoms with Gasteiger partial charge in [0.05, 0.1) is 5.54 Å². The van der Waals surface area contributed by atoms with Crippen molar-refractivity contribution in [3.63, 3.8) is 0 Å². The molecular formula is C13H25ClN2O2. The first-order valence-electron chi connectivity index (χ1n) is 6.90. The molecule has 5 heteroatoms. The molecular weight excluding hydrogens is 252 g/mol. The summed E-state index contributed by atoms with van der Waals surface area (Å²) in [5, 5.41) is 6.59. The van der Waals surface area contributed by atoms with Crippen molar-refractivity contribution in [2.75, 3.05) is 19.8 Å². The Morgan fingerprint density at radius 2 is 2.22 bits per heavy atom. The number of halogens is 1. The predicted molar refractivity (Wildman–Crippen MR) is 74.1 cm³/mol. The molecule has 2 aliphatic rings. The summed E-state index contributed by atoms with van der Waals surface area (Å²) in [4.78, 5) is 12.4. The first kappa shape index (κ1) is 15.7. The summed E-state index contributed by atoms with van der Waals surface area (Å²) >= 11 is 0. The average Bonchev–Trinajstić information content (AvgIpc) is 2.70. The molecule has 2 fully saturated rings. The molecule has 0 bridgehead atoms. The Labute approximate surface area is 116 Å². The number of rotatable bonds is 3. The predicted octanol–water partition coefficient (Wildman–Crippen LogP) is 1.63. The van der Waals surface area contributed by atoms with E-state index in [2.05, 4.69) is 17.6 Å². The van der Waals surface area contributed by atoms with E-state index in [0.29, 0.717) is 6.04 Å². The smallest absolute Gasteiger partial charge is 0.240 e. The van der Waals surface area contributed by atoms with Crippen LogP contribution in [0.1, 0.15) is 45.4 Å². The lowest BCUT2D eigenvalue weighted by Crippen LogP contribution is -2.55. The van der Waals surface area contributed by atoms with Crippen LogP contribution in [-0.2, 0) is 9.53 Å². The highest BCUT2D eigenvalue weighted by Gasteiger charge is 2.39. The van der Waals surface area contributed by atoms with Crippen molar-refractivity contribution in [2.24, 2.45) is 0 Å². The molecule has 1 amide bonds. The minimum absolute atomic E-state index is 0. The number of hydrogen-bond acceptors (Lipinski definition) is 3. The van der Waals surface area contributed by atoms with Gasteiger partial charge in [0.1, 0.15) is 0 Å². The fraction of sp³-hybridized carbons (Fsp3) is 0.923. The van der Waals surface area contributed by atoms with Crippen molar-refractivity contribution in [3.8, 4) is 0 Å². The van der Waals surface area contributed by atoms with Crippen molar-refractivity contribution in [2.45, 2.75) is 57.0 Å². The molecule has 2 unspecified atom stereocenters. The van der Waals surface area contributed by atoms with Gasteiger partial charge in [-0.15, -0.1) is 12.4 Å². The van der Waals surface area contributed by atoms with Crippen LogP contribution in [0.15, 0.2) is 0 Å². The van der Waals surface area contributed by atoms with Crippen molar-refractivity contribution >= 4 is 18.3 Å². The van der Waals surface area contributed by atoms with Gasteiger partial charge in [0, 0.05) is 19.3 Å². The van der Waals surface area contributed by atoms with E-state index in [1.54, 1.807) is 0 Å². The van der Waals surface area contributed by atoms with E-state index in [1.165, 1.54) is 0 Å². The monoisotopic (exact) mass is 276 g/mol. The molecule has 2 rings (SSSR count). The number of ether oxygens (including phenoxy) is 1. The summed E-state index contributed by atoms with van der Waals surface area (Å²) in [7, 11) is 0. The van der Waals surface area contributed by atoms with Crippen LogP contribution in [0.25, 0.3) is 0 Å². The summed E-state index contributed by atoms with van der Waals surface area (Å²) in [5.74, 6) is 0.199. The highest BCUT2D eigenvalue weighted by Crippen LogP contribution is 2.23. The van der Waals surface area contributed by atoms with E-state index >= 15 is 0 Å². The van der Waals surface area contributed by atoms with Crippen LogP contribution in [0.5, 0.6) is 0 Å². The number of hydrogen-bond donors (Lipinski definition) is 2. The Bertz CT molecular complexity index is 260. The van der Waals surface area contributed by atoms with Crippen molar-refractivity contribution in [1.82, 2.24) is 10.6 Å². The summed E-state index contributed by atoms with van der Waals surface area (Å²) < 4.78 is 5.42. The molecule has 2 atom stereocenters. The first-order valence-corrected chi connectivity index (χ1v) is 6.90. The van der Waals surface area contributed by atoms with Gasteiger partial charge in [0.15, 0.2) is 0 Å². The molecule has 2 saturated heterocycles. The Kier molecular flexibility index (Phi) is 6.39. The topological polar surface area (TPSA) is 50.4 Å². The lowest BCUT2D eigenvalue weighted by atomic mass is 9.92. The highest BCUT2D eigenvalue weighted by atomic mass is 35.5. The molecule has 0 aromatic heterocycles. The summed E-state index contributed by atoms with van der Waals surface area (Å²) in [6, 6.07) is 0.302. The Hall–Kier alpha value is -0.320. The molecule has 0 saturated carbocycles. The van der Waals surface area contributed by atoms with Crippen LogP contribution >= 0.6 is 12.4 Å². The minimum atomic E-state index is -0.298. The van der Waals surface area contributed by atoms with Crippen LogP contribution in [0.3, 0.4) is 0 Å². The molecule has 18 heavy (non-hydrogen) atoms. The molecule has 2 heterocycles. The molecule has 0 aliphatic carbocycles. The van der Waals surface area contributed by atoms with Crippen LogP contribution < -0.4 is 10.6 Å². The van der Waals surface area contributed by atoms with Gasteiger partial charge < -0.3 is 15.4 Å². The van der Waals surface area contributed by atoms with Crippen LogP contribution in [-0.4, -0.2) is 37.2 Å². The van der Waals surface area contributed by atoms with Gasteiger partial charge in [-0.1, -0.05) is 6.92 Å². The van der Waals surface area contributed by atoms with E-state index in [1.807, 2.05) is 0 Å². The Morgan fingerprint density at radius 1 is 1.39 bits per heavy atom. The zero-order chi connectivity index (χ0) is 12.1. The third-order valence-corrected chi connectivity index (χ3v) is 4.07. The lowest BCUT2D eigenvalue weighted by Gasteiger charge is -2.29. The SMILES string of the molecule is CCC1(C(=O)NC2CCCOCC2)CCCN1.Cl. The maximum atomic E-state index is 12.4. The minimum Gasteiger partial charge on any atom is -0.381 e. The van der Waals surface area contributed by atoms with Crippen LogP contribution in [0.2, 0.25) is 0 Å². The number of amides is 1. The third-order valence-electron chi connectivity index (χ3n) is 4.07. The first-order chi connectivity index (χ1) is 8.27. The number of nitrogens with one attached hydrogen (secondary N) is 2. The Morgan fingerprint density at radius 3 is 2.89 bits per heavy atom. The second-order valence-electron chi connectivity index (χ2n) is 5.18. The molecule has 0 spiro atoms. The molecule has 2 N–H and O–H groups in total. The van der Waals surface area contributed by atoms with Gasteiger partial charge in [-0.05, 0) is 45.1 Å². The molecule has 2 aliphatic heterocycles. The standard InChI is InChI=1S/C13H24N2O2.ClH/c1-2-13(7-4-8-14-13)12(16)15-11-5-3-9-17-10-6-11;/h11,14H,2-10H2,1H3,(H,15,16);1H. The molecule has 4 nitrogen and oxygen atoms in total. The van der Waals surface area contributed by atoms with E-state index in [0.717, 1.165) is 58.3 Å². The summed E-state index contributed by atoms with van der Waals surface area (Å²) in [6.07, 6.45) is 6.00. The lowest BCUT2D eigenvalue weighted by molar-refractivity contribution is -0.128. The molecule has 106 valence electrons. The quantitative estimate of drug-likeness (QED) is 0.824. The van der Waals surface area contributed by atoms with Crippen molar-refractivity contribution in [1.29, 1.82) is 0 Å². The van der Waals surface area contributed by atoms with Gasteiger partial charge in [0.25, 0.3) is 0 Å². The molecule has 0 aromatic carbocycles. The van der Waals surface area contributed by atoms with Crippen molar-refractivity contribution in [3.05, 3.63) is 0 Å². The summed E-state index contributed by atoms with van der Waals surface area (Å²) in [6.45, 7) is 4.67. The maximum absolute atomic E-state index is 12.4. The highest BCUT2D eigenvalue weighted by molar-refractivity contribution is 5.86. The fourth-order valence-electron chi connectivity index (χ4n) is 2.83. The van der Waals surface area contributed by atoms with E-state index in [-0.39, 0.29) is 23.9 Å². The number of carbonyl (C=O) groups excluding carboxylic acids is 1.